The minimum absolute atomic E-state index is 0.0121. The molecule has 2 unspecified atom stereocenters. The molecule has 2 aliphatic rings. The van der Waals surface area contributed by atoms with Crippen molar-refractivity contribution < 1.29 is 14.3 Å². The third-order valence-corrected chi connectivity index (χ3v) is 3.60. The molecular weight excluding hydrogens is 195 g/mol. The van der Waals surface area contributed by atoms with Gasteiger partial charge in [0.15, 0.2) is 0 Å². The Morgan fingerprint density at radius 2 is 2.33 bits per heavy atom. The Bertz CT molecular complexity index is 506. The quantitative estimate of drug-likeness (QED) is 0.762. The highest BCUT2D eigenvalue weighted by Crippen LogP contribution is 2.71. The van der Waals surface area contributed by atoms with Crippen LogP contribution in [0.3, 0.4) is 0 Å². The Kier molecular flexibility index (Phi) is 1.32. The van der Waals surface area contributed by atoms with Crippen LogP contribution in [0.25, 0.3) is 5.57 Å². The van der Waals surface area contributed by atoms with Gasteiger partial charge in [-0.25, -0.2) is 4.39 Å². The third-order valence-electron chi connectivity index (χ3n) is 3.60. The van der Waals surface area contributed by atoms with Gasteiger partial charge in [0, 0.05) is 5.92 Å². The summed E-state index contributed by atoms with van der Waals surface area (Å²) in [5.74, 6) is -1.16. The number of fused-ring (bicyclic) bond motifs is 3. The van der Waals surface area contributed by atoms with E-state index in [0.29, 0.717) is 17.6 Å². The molecule has 0 bridgehead atoms. The van der Waals surface area contributed by atoms with E-state index < -0.39 is 11.4 Å². The minimum atomic E-state index is -0.839. The fraction of sp³-hybridized carbons (Fsp3) is 0.250. The number of benzene rings is 1. The molecule has 1 saturated carbocycles. The molecule has 0 radical (unpaired) electrons. The van der Waals surface area contributed by atoms with Gasteiger partial charge in [0.05, 0.1) is 0 Å². The van der Waals surface area contributed by atoms with E-state index in [1.807, 2.05) is 0 Å². The van der Waals surface area contributed by atoms with E-state index in [-0.39, 0.29) is 11.7 Å². The molecular formula is C12H9FO2. The molecule has 3 rings (SSSR count). The van der Waals surface area contributed by atoms with Gasteiger partial charge in [0.25, 0.3) is 0 Å². The topological polar surface area (TPSA) is 37.3 Å². The van der Waals surface area contributed by atoms with Crippen molar-refractivity contribution in [1.82, 2.24) is 0 Å². The van der Waals surface area contributed by atoms with Crippen molar-refractivity contribution >= 4 is 11.5 Å². The second-order valence-electron chi connectivity index (χ2n) is 4.24. The maximum absolute atomic E-state index is 13.0. The lowest BCUT2D eigenvalue weighted by Gasteiger charge is -2.09. The standard InChI is InChI=1S/C12H9FO2/c1-6-9-4-7(13)2-3-8(9)10-5-12(6,10)11(14)15/h2-4,10H,1,5H2,(H,14,15). The van der Waals surface area contributed by atoms with E-state index in [2.05, 4.69) is 6.58 Å². The zero-order valence-corrected chi connectivity index (χ0v) is 7.96. The SMILES string of the molecule is C=C1c2cc(F)ccc2C2CC12C(=O)O. The van der Waals surface area contributed by atoms with Gasteiger partial charge in [0.2, 0.25) is 0 Å². The van der Waals surface area contributed by atoms with Crippen molar-refractivity contribution in [2.75, 3.05) is 0 Å². The van der Waals surface area contributed by atoms with Gasteiger partial charge < -0.3 is 5.11 Å². The number of carbonyl (C=O) groups is 1. The summed E-state index contributed by atoms with van der Waals surface area (Å²) in [5.41, 5.74) is 1.36. The largest absolute Gasteiger partial charge is 0.481 e. The fourth-order valence-corrected chi connectivity index (χ4v) is 2.67. The van der Waals surface area contributed by atoms with Crippen molar-refractivity contribution in [1.29, 1.82) is 0 Å². The lowest BCUT2D eigenvalue weighted by molar-refractivity contribution is -0.141. The number of rotatable bonds is 1. The van der Waals surface area contributed by atoms with E-state index >= 15 is 0 Å². The molecule has 1 aromatic rings. The molecule has 2 aliphatic carbocycles. The Morgan fingerprint density at radius 3 is 3.00 bits per heavy atom. The maximum atomic E-state index is 13.0. The van der Waals surface area contributed by atoms with Crippen LogP contribution < -0.4 is 0 Å². The van der Waals surface area contributed by atoms with E-state index in [9.17, 15) is 14.3 Å². The first-order valence-corrected chi connectivity index (χ1v) is 4.80. The van der Waals surface area contributed by atoms with E-state index in [1.165, 1.54) is 12.1 Å². The number of halogens is 1. The lowest BCUT2D eigenvalue weighted by atomic mass is 9.95. The number of hydrogen-bond acceptors (Lipinski definition) is 1. The van der Waals surface area contributed by atoms with Crippen LogP contribution in [-0.4, -0.2) is 11.1 Å². The first-order valence-electron chi connectivity index (χ1n) is 4.80. The average molecular weight is 204 g/mol. The smallest absolute Gasteiger partial charge is 0.314 e. The summed E-state index contributed by atoms with van der Waals surface area (Å²) in [6, 6.07) is 4.44. The average Bonchev–Trinajstić information content (AvgIpc) is 2.88. The van der Waals surface area contributed by atoms with Gasteiger partial charge in [-0.3, -0.25) is 4.79 Å². The molecule has 2 nitrogen and oxygen atoms in total. The zero-order valence-electron chi connectivity index (χ0n) is 7.96. The summed E-state index contributed by atoms with van der Waals surface area (Å²) in [7, 11) is 0. The number of aliphatic carboxylic acids is 1. The maximum Gasteiger partial charge on any atom is 0.314 e. The number of hydrogen-bond donors (Lipinski definition) is 1. The summed E-state index contributed by atoms with van der Waals surface area (Å²) >= 11 is 0. The van der Waals surface area contributed by atoms with Gasteiger partial charge in [-0.15, -0.1) is 0 Å². The van der Waals surface area contributed by atoms with Gasteiger partial charge in [0.1, 0.15) is 11.2 Å². The molecule has 0 aromatic heterocycles. The van der Waals surface area contributed by atoms with Crippen LogP contribution in [0.4, 0.5) is 4.39 Å². The van der Waals surface area contributed by atoms with Crippen LogP contribution in [0.1, 0.15) is 23.5 Å². The van der Waals surface area contributed by atoms with Crippen LogP contribution in [-0.2, 0) is 4.79 Å². The predicted octanol–water partition coefficient (Wildman–Crippen LogP) is 2.41. The van der Waals surface area contributed by atoms with Gasteiger partial charge in [-0.1, -0.05) is 12.6 Å². The van der Waals surface area contributed by atoms with E-state index in [1.54, 1.807) is 6.07 Å². The molecule has 0 aliphatic heterocycles. The molecule has 3 heteroatoms. The Labute approximate surface area is 86.0 Å². The Balaban J connectivity index is 2.19. The van der Waals surface area contributed by atoms with Crippen LogP contribution >= 0.6 is 0 Å². The highest BCUT2D eigenvalue weighted by atomic mass is 19.1. The summed E-state index contributed by atoms with van der Waals surface area (Å²) < 4.78 is 13.0. The summed E-state index contributed by atoms with van der Waals surface area (Å²) in [5, 5.41) is 9.17. The number of carboxylic acid groups (broad SMARTS) is 1. The minimum Gasteiger partial charge on any atom is -0.481 e. The summed E-state index contributed by atoms with van der Waals surface area (Å²) in [4.78, 5) is 11.2. The van der Waals surface area contributed by atoms with Crippen molar-refractivity contribution in [3.63, 3.8) is 0 Å². The second-order valence-corrected chi connectivity index (χ2v) is 4.24. The van der Waals surface area contributed by atoms with Crippen molar-refractivity contribution in [3.8, 4) is 0 Å². The zero-order chi connectivity index (χ0) is 10.8. The van der Waals surface area contributed by atoms with Crippen molar-refractivity contribution in [3.05, 3.63) is 41.7 Å². The molecule has 76 valence electrons. The van der Waals surface area contributed by atoms with Crippen LogP contribution in [0.5, 0.6) is 0 Å². The van der Waals surface area contributed by atoms with Gasteiger partial charge in [-0.05, 0) is 35.3 Å². The highest BCUT2D eigenvalue weighted by Gasteiger charge is 2.67. The van der Waals surface area contributed by atoms with Crippen LogP contribution in [0.2, 0.25) is 0 Å². The summed E-state index contributed by atoms with van der Waals surface area (Å²) in [6.07, 6.45) is 0.611. The van der Waals surface area contributed by atoms with Gasteiger partial charge in [-0.2, -0.15) is 0 Å². The third kappa shape index (κ3) is 0.814. The molecule has 0 heterocycles. The Morgan fingerprint density at radius 1 is 1.60 bits per heavy atom. The summed E-state index contributed by atoms with van der Waals surface area (Å²) in [6.45, 7) is 3.81. The highest BCUT2D eigenvalue weighted by molar-refractivity contribution is 6.01. The Hall–Kier alpha value is -1.64. The second kappa shape index (κ2) is 2.30. The van der Waals surface area contributed by atoms with E-state index in [0.717, 1.165) is 5.56 Å². The first-order chi connectivity index (χ1) is 7.07. The van der Waals surface area contributed by atoms with Crippen molar-refractivity contribution in [2.45, 2.75) is 12.3 Å². The molecule has 1 fully saturated rings. The molecule has 1 N–H and O–H groups in total. The number of carboxylic acids is 1. The van der Waals surface area contributed by atoms with Crippen LogP contribution in [0.15, 0.2) is 24.8 Å². The normalized spacial score (nSPS) is 31.0. The molecule has 0 amide bonds. The molecule has 2 atom stereocenters. The molecule has 0 spiro atoms. The lowest BCUT2D eigenvalue weighted by Crippen LogP contribution is -2.14. The predicted molar refractivity (Wildman–Crippen MR) is 52.9 cm³/mol. The van der Waals surface area contributed by atoms with E-state index in [4.69, 9.17) is 0 Å². The fourth-order valence-electron chi connectivity index (χ4n) is 2.67. The molecule has 0 saturated heterocycles. The molecule has 15 heavy (non-hydrogen) atoms. The monoisotopic (exact) mass is 204 g/mol. The van der Waals surface area contributed by atoms with Gasteiger partial charge >= 0.3 is 5.97 Å². The molecule has 1 aromatic carbocycles. The van der Waals surface area contributed by atoms with Crippen molar-refractivity contribution in [2.24, 2.45) is 5.41 Å². The van der Waals surface area contributed by atoms with Crippen LogP contribution in [0, 0.1) is 11.2 Å². The first kappa shape index (κ1) is 8.65.